The number of esters is 1. The van der Waals surface area contributed by atoms with E-state index in [1.54, 1.807) is 0 Å². The molecule has 2 atom stereocenters. The number of carbonyl (C=O) groups excluding carboxylic acids is 2. The quantitative estimate of drug-likeness (QED) is 0.348. The Morgan fingerprint density at radius 2 is 1.91 bits per heavy atom. The second-order valence-corrected chi connectivity index (χ2v) is 10.3. The van der Waals surface area contributed by atoms with Crippen molar-refractivity contribution in [3.63, 3.8) is 0 Å². The number of ether oxygens (including phenoxy) is 2. The van der Waals surface area contributed by atoms with E-state index < -0.39 is 11.6 Å². The molecule has 4 rings (SSSR count). The molecule has 0 radical (unpaired) electrons. The zero-order chi connectivity index (χ0) is 24.6. The summed E-state index contributed by atoms with van der Waals surface area (Å²) < 4.78 is 25.2. The maximum atomic E-state index is 13.2. The zero-order valence-corrected chi connectivity index (χ0v) is 20.7. The molecule has 0 saturated carbocycles. The first-order chi connectivity index (χ1) is 16.0. The van der Waals surface area contributed by atoms with Gasteiger partial charge in [-0.25, -0.2) is 4.39 Å². The fourth-order valence-corrected chi connectivity index (χ4v) is 5.30. The Labute approximate surface area is 201 Å². The Kier molecular flexibility index (Phi) is 6.66. The second-order valence-electron chi connectivity index (χ2n) is 10.3. The minimum absolute atomic E-state index is 0.108. The summed E-state index contributed by atoms with van der Waals surface area (Å²) in [7, 11) is 0. The number of benzene rings is 2. The van der Waals surface area contributed by atoms with Crippen LogP contribution in [-0.4, -0.2) is 17.4 Å². The van der Waals surface area contributed by atoms with Crippen molar-refractivity contribution in [3.8, 4) is 11.5 Å². The van der Waals surface area contributed by atoms with E-state index in [0.29, 0.717) is 23.5 Å². The highest BCUT2D eigenvalue weighted by atomic mass is 19.1. The van der Waals surface area contributed by atoms with E-state index in [1.807, 2.05) is 38.1 Å². The van der Waals surface area contributed by atoms with E-state index in [1.165, 1.54) is 19.1 Å². The molecule has 2 aromatic rings. The number of fused-ring (bicyclic) bond motifs is 2. The van der Waals surface area contributed by atoms with Gasteiger partial charge in [-0.15, -0.1) is 0 Å². The molecule has 0 amide bonds. The number of rotatable bonds is 6. The standard InChI is InChI=1S/C29H33FO4/c1-17-13-23-27-25(33-19(3)31)15-21(16-26(27)34-29(4,5)28(23)24(32)14-17)18(2)7-6-8-20-9-11-22(30)12-10-20/h9-12,15-18H,6-8,13-14H2,1-5H3. The molecule has 0 spiro atoms. The molecule has 34 heavy (non-hydrogen) atoms. The van der Waals surface area contributed by atoms with E-state index in [-0.39, 0.29) is 23.4 Å². The van der Waals surface area contributed by atoms with E-state index in [2.05, 4.69) is 13.8 Å². The van der Waals surface area contributed by atoms with Gasteiger partial charge >= 0.3 is 5.97 Å². The van der Waals surface area contributed by atoms with Crippen LogP contribution in [0.1, 0.15) is 82.9 Å². The SMILES string of the molecule is CC(=O)Oc1cc(C(C)CCCc2ccc(F)cc2)cc2c1C1=C(C(=O)CC(C)C1)C(C)(C)O2. The molecular weight excluding hydrogens is 431 g/mol. The predicted molar refractivity (Wildman–Crippen MR) is 131 cm³/mol. The predicted octanol–water partition coefficient (Wildman–Crippen LogP) is 6.80. The van der Waals surface area contributed by atoms with Gasteiger partial charge in [0.2, 0.25) is 0 Å². The van der Waals surface area contributed by atoms with E-state index >= 15 is 0 Å². The summed E-state index contributed by atoms with van der Waals surface area (Å²) in [6, 6.07) is 10.6. The fourth-order valence-electron chi connectivity index (χ4n) is 5.30. The first kappa shape index (κ1) is 24.2. The average Bonchev–Trinajstić information content (AvgIpc) is 2.73. The largest absolute Gasteiger partial charge is 0.482 e. The van der Waals surface area contributed by atoms with Crippen LogP contribution in [0.5, 0.6) is 11.5 Å². The van der Waals surface area contributed by atoms with Gasteiger partial charge in [0.05, 0.1) is 5.56 Å². The third-order valence-corrected chi connectivity index (χ3v) is 6.86. The molecule has 0 fully saturated rings. The van der Waals surface area contributed by atoms with Crippen LogP contribution in [-0.2, 0) is 16.0 Å². The summed E-state index contributed by atoms with van der Waals surface area (Å²) in [6.45, 7) is 9.48. The fraction of sp³-hybridized carbons (Fsp3) is 0.448. The van der Waals surface area contributed by atoms with Crippen LogP contribution in [0, 0.1) is 11.7 Å². The number of carbonyl (C=O) groups is 2. The van der Waals surface area contributed by atoms with Crippen LogP contribution in [0.3, 0.4) is 0 Å². The number of ketones is 1. The van der Waals surface area contributed by atoms with Gasteiger partial charge in [0, 0.05) is 18.9 Å². The minimum Gasteiger partial charge on any atom is -0.482 e. The van der Waals surface area contributed by atoms with Gasteiger partial charge < -0.3 is 9.47 Å². The first-order valence-corrected chi connectivity index (χ1v) is 12.1. The van der Waals surface area contributed by atoms with Gasteiger partial charge in [-0.05, 0) is 92.3 Å². The highest BCUT2D eigenvalue weighted by Gasteiger charge is 2.43. The normalized spacial score (nSPS) is 19.7. The van der Waals surface area contributed by atoms with E-state index in [4.69, 9.17) is 9.47 Å². The Morgan fingerprint density at radius 1 is 1.21 bits per heavy atom. The van der Waals surface area contributed by atoms with Crippen molar-refractivity contribution in [2.75, 3.05) is 0 Å². The Hall–Kier alpha value is -2.95. The maximum absolute atomic E-state index is 13.2. The summed E-state index contributed by atoms with van der Waals surface area (Å²) in [5.41, 5.74) is 3.79. The van der Waals surface area contributed by atoms with Crippen molar-refractivity contribution in [1.29, 1.82) is 0 Å². The van der Waals surface area contributed by atoms with Crippen LogP contribution in [0.2, 0.25) is 0 Å². The molecule has 2 aliphatic rings. The topological polar surface area (TPSA) is 52.6 Å². The van der Waals surface area contributed by atoms with Crippen LogP contribution in [0.15, 0.2) is 42.0 Å². The molecule has 0 N–H and O–H groups in total. The van der Waals surface area contributed by atoms with E-state index in [9.17, 15) is 14.0 Å². The Morgan fingerprint density at radius 3 is 2.59 bits per heavy atom. The summed E-state index contributed by atoms with van der Waals surface area (Å²) in [6.07, 6.45) is 3.99. The van der Waals surface area contributed by atoms with Crippen molar-refractivity contribution < 1.29 is 23.5 Å². The van der Waals surface area contributed by atoms with E-state index in [0.717, 1.165) is 47.9 Å². The lowest BCUT2D eigenvalue weighted by molar-refractivity contribution is -0.131. The number of hydrogen-bond donors (Lipinski definition) is 0. The molecule has 0 aromatic heterocycles. The molecule has 2 aromatic carbocycles. The van der Waals surface area contributed by atoms with Crippen molar-refractivity contribution in [2.24, 2.45) is 5.92 Å². The number of halogens is 1. The molecule has 0 saturated heterocycles. The molecule has 180 valence electrons. The number of Topliss-reactive ketones (excluding diaryl/α,β-unsaturated/α-hetero) is 1. The lowest BCUT2D eigenvalue weighted by atomic mass is 9.73. The molecular formula is C29H33FO4. The van der Waals surface area contributed by atoms with Crippen molar-refractivity contribution in [3.05, 3.63) is 64.5 Å². The number of hydrogen-bond acceptors (Lipinski definition) is 4. The van der Waals surface area contributed by atoms with Crippen LogP contribution in [0.25, 0.3) is 5.57 Å². The van der Waals surface area contributed by atoms with Crippen LogP contribution in [0.4, 0.5) is 4.39 Å². The number of aryl methyl sites for hydroxylation is 1. The summed E-state index contributed by atoms with van der Waals surface area (Å²) >= 11 is 0. The van der Waals surface area contributed by atoms with Gasteiger partial charge in [0.1, 0.15) is 22.9 Å². The highest BCUT2D eigenvalue weighted by Crippen LogP contribution is 2.51. The Balaban J connectivity index is 1.66. The molecule has 4 nitrogen and oxygen atoms in total. The molecule has 5 heteroatoms. The van der Waals surface area contributed by atoms with Gasteiger partial charge in [-0.1, -0.05) is 26.0 Å². The van der Waals surface area contributed by atoms with Crippen LogP contribution < -0.4 is 9.47 Å². The molecule has 2 unspecified atom stereocenters. The summed E-state index contributed by atoms with van der Waals surface area (Å²) in [5, 5.41) is 0. The van der Waals surface area contributed by atoms with Crippen molar-refractivity contribution in [2.45, 2.75) is 78.2 Å². The molecule has 0 bridgehead atoms. The Bertz CT molecular complexity index is 1140. The zero-order valence-electron chi connectivity index (χ0n) is 20.7. The molecule has 1 heterocycles. The van der Waals surface area contributed by atoms with Crippen molar-refractivity contribution >= 4 is 17.3 Å². The molecule has 1 aliphatic carbocycles. The average molecular weight is 465 g/mol. The molecule has 1 aliphatic heterocycles. The van der Waals surface area contributed by atoms with Gasteiger partial charge in [0.15, 0.2) is 5.78 Å². The highest BCUT2D eigenvalue weighted by molar-refractivity contribution is 6.08. The second kappa shape index (κ2) is 9.36. The summed E-state index contributed by atoms with van der Waals surface area (Å²) in [5.74, 6) is 1.05. The third-order valence-electron chi connectivity index (χ3n) is 6.86. The van der Waals surface area contributed by atoms with Crippen molar-refractivity contribution in [1.82, 2.24) is 0 Å². The lowest BCUT2D eigenvalue weighted by Crippen LogP contribution is -2.40. The minimum atomic E-state index is -0.739. The maximum Gasteiger partial charge on any atom is 0.308 e. The van der Waals surface area contributed by atoms with Gasteiger partial charge in [-0.3, -0.25) is 9.59 Å². The van der Waals surface area contributed by atoms with Gasteiger partial charge in [-0.2, -0.15) is 0 Å². The monoisotopic (exact) mass is 464 g/mol. The third kappa shape index (κ3) is 4.94. The number of allylic oxidation sites excluding steroid dienone is 1. The smallest absolute Gasteiger partial charge is 0.308 e. The van der Waals surface area contributed by atoms with Crippen LogP contribution >= 0.6 is 0 Å². The first-order valence-electron chi connectivity index (χ1n) is 12.1. The lowest BCUT2D eigenvalue weighted by Gasteiger charge is -2.40. The summed E-state index contributed by atoms with van der Waals surface area (Å²) in [4.78, 5) is 24.9. The van der Waals surface area contributed by atoms with Gasteiger partial charge in [0.25, 0.3) is 0 Å².